The standard InChI is InChI=1S/C14H12BrN3O/c1-2-11(15)13-17-18-14(19-13)12-10-6-4-3-5-9(10)7-8-16-12/h3-8,11H,2H2,1H3. The molecule has 2 heterocycles. The number of benzene rings is 1. The van der Waals surface area contributed by atoms with Crippen molar-refractivity contribution >= 4 is 26.7 Å². The maximum Gasteiger partial charge on any atom is 0.266 e. The van der Waals surface area contributed by atoms with E-state index in [-0.39, 0.29) is 4.83 Å². The van der Waals surface area contributed by atoms with Gasteiger partial charge in [-0.15, -0.1) is 10.2 Å². The van der Waals surface area contributed by atoms with Gasteiger partial charge in [-0.2, -0.15) is 0 Å². The monoisotopic (exact) mass is 317 g/mol. The molecule has 96 valence electrons. The first kappa shape index (κ1) is 12.3. The van der Waals surface area contributed by atoms with Crippen molar-refractivity contribution in [3.05, 3.63) is 42.4 Å². The summed E-state index contributed by atoms with van der Waals surface area (Å²) in [7, 11) is 0. The Balaban J connectivity index is 2.12. The molecule has 0 aliphatic heterocycles. The molecular formula is C14H12BrN3O. The predicted octanol–water partition coefficient (Wildman–Crippen LogP) is 4.13. The Labute approximate surface area is 119 Å². The second kappa shape index (κ2) is 5.09. The lowest BCUT2D eigenvalue weighted by Gasteiger charge is -2.01. The highest BCUT2D eigenvalue weighted by Gasteiger charge is 2.16. The van der Waals surface area contributed by atoms with Crippen molar-refractivity contribution in [3.8, 4) is 11.6 Å². The largest absolute Gasteiger partial charge is 0.418 e. The molecule has 1 unspecified atom stereocenters. The van der Waals surface area contributed by atoms with Gasteiger partial charge in [0, 0.05) is 11.6 Å². The van der Waals surface area contributed by atoms with E-state index < -0.39 is 0 Å². The van der Waals surface area contributed by atoms with Crippen LogP contribution >= 0.6 is 15.9 Å². The van der Waals surface area contributed by atoms with Crippen LogP contribution in [0.4, 0.5) is 0 Å². The van der Waals surface area contributed by atoms with Crippen LogP contribution in [0.3, 0.4) is 0 Å². The van der Waals surface area contributed by atoms with Crippen LogP contribution in [0.5, 0.6) is 0 Å². The Morgan fingerprint density at radius 3 is 2.89 bits per heavy atom. The van der Waals surface area contributed by atoms with E-state index in [2.05, 4.69) is 38.0 Å². The molecule has 0 fully saturated rings. The number of nitrogens with zero attached hydrogens (tertiary/aromatic N) is 3. The quantitative estimate of drug-likeness (QED) is 0.681. The van der Waals surface area contributed by atoms with E-state index in [1.54, 1.807) is 6.20 Å². The lowest BCUT2D eigenvalue weighted by Crippen LogP contribution is -1.86. The Morgan fingerprint density at radius 1 is 1.21 bits per heavy atom. The smallest absolute Gasteiger partial charge is 0.266 e. The summed E-state index contributed by atoms with van der Waals surface area (Å²) in [5.74, 6) is 1.05. The minimum Gasteiger partial charge on any atom is -0.418 e. The van der Waals surface area contributed by atoms with E-state index in [4.69, 9.17) is 4.42 Å². The highest BCUT2D eigenvalue weighted by molar-refractivity contribution is 9.09. The molecule has 0 N–H and O–H groups in total. The minimum atomic E-state index is 0.0868. The van der Waals surface area contributed by atoms with Gasteiger partial charge < -0.3 is 4.42 Å². The lowest BCUT2D eigenvalue weighted by atomic mass is 10.1. The lowest BCUT2D eigenvalue weighted by molar-refractivity contribution is 0.499. The van der Waals surface area contributed by atoms with Crippen LogP contribution < -0.4 is 0 Å². The fourth-order valence-corrected chi connectivity index (χ4v) is 2.11. The van der Waals surface area contributed by atoms with Crippen LogP contribution in [0.25, 0.3) is 22.4 Å². The van der Waals surface area contributed by atoms with Gasteiger partial charge in [-0.25, -0.2) is 0 Å². The van der Waals surface area contributed by atoms with E-state index in [0.29, 0.717) is 11.8 Å². The molecule has 1 atom stereocenters. The number of hydrogen-bond donors (Lipinski definition) is 0. The predicted molar refractivity (Wildman–Crippen MR) is 77.0 cm³/mol. The normalized spacial score (nSPS) is 12.7. The summed E-state index contributed by atoms with van der Waals surface area (Å²) in [4.78, 5) is 4.45. The summed E-state index contributed by atoms with van der Waals surface area (Å²) in [6.07, 6.45) is 2.65. The summed E-state index contributed by atoms with van der Waals surface area (Å²) < 4.78 is 5.70. The number of hydrogen-bond acceptors (Lipinski definition) is 4. The van der Waals surface area contributed by atoms with Crippen molar-refractivity contribution in [1.29, 1.82) is 0 Å². The van der Waals surface area contributed by atoms with Gasteiger partial charge in [0.25, 0.3) is 5.89 Å². The Kier molecular flexibility index (Phi) is 3.29. The Hall–Kier alpha value is -1.75. The molecule has 0 saturated carbocycles. The van der Waals surface area contributed by atoms with Crippen molar-refractivity contribution in [1.82, 2.24) is 15.2 Å². The van der Waals surface area contributed by atoms with Crippen molar-refractivity contribution in [2.24, 2.45) is 0 Å². The molecule has 3 aromatic rings. The number of alkyl halides is 1. The van der Waals surface area contributed by atoms with Gasteiger partial charge in [0.2, 0.25) is 5.89 Å². The third-order valence-electron chi connectivity index (χ3n) is 2.94. The minimum absolute atomic E-state index is 0.0868. The zero-order valence-corrected chi connectivity index (χ0v) is 12.0. The van der Waals surface area contributed by atoms with Crippen molar-refractivity contribution < 1.29 is 4.42 Å². The average Bonchev–Trinajstić information content (AvgIpc) is 2.95. The molecule has 0 aliphatic rings. The van der Waals surface area contributed by atoms with Crippen molar-refractivity contribution in [2.75, 3.05) is 0 Å². The second-order valence-corrected chi connectivity index (χ2v) is 5.31. The van der Waals surface area contributed by atoms with E-state index in [9.17, 15) is 0 Å². The van der Waals surface area contributed by atoms with E-state index in [1.807, 2.05) is 30.3 Å². The molecular weight excluding hydrogens is 306 g/mol. The average molecular weight is 318 g/mol. The first-order chi connectivity index (χ1) is 9.29. The molecule has 5 heteroatoms. The van der Waals surface area contributed by atoms with Gasteiger partial charge >= 0.3 is 0 Å². The summed E-state index contributed by atoms with van der Waals surface area (Å²) in [5.41, 5.74) is 0.729. The van der Waals surface area contributed by atoms with Crippen molar-refractivity contribution in [3.63, 3.8) is 0 Å². The van der Waals surface area contributed by atoms with Gasteiger partial charge in [-0.05, 0) is 17.9 Å². The van der Waals surface area contributed by atoms with E-state index >= 15 is 0 Å². The Morgan fingerprint density at radius 2 is 2.05 bits per heavy atom. The maximum absolute atomic E-state index is 5.70. The molecule has 0 saturated heterocycles. The topological polar surface area (TPSA) is 51.8 Å². The summed E-state index contributed by atoms with van der Waals surface area (Å²) in [6, 6.07) is 9.99. The number of pyridine rings is 1. The zero-order chi connectivity index (χ0) is 13.2. The van der Waals surface area contributed by atoms with Gasteiger partial charge in [0.1, 0.15) is 5.69 Å². The van der Waals surface area contributed by atoms with Crippen LogP contribution in [0.15, 0.2) is 40.9 Å². The Bertz CT molecular complexity index is 705. The molecule has 4 nitrogen and oxygen atoms in total. The number of halogens is 1. The molecule has 0 bridgehead atoms. The number of fused-ring (bicyclic) bond motifs is 1. The second-order valence-electron chi connectivity index (χ2n) is 4.20. The van der Waals surface area contributed by atoms with Crippen LogP contribution in [-0.2, 0) is 0 Å². The molecule has 0 radical (unpaired) electrons. The highest BCUT2D eigenvalue weighted by Crippen LogP contribution is 2.29. The van der Waals surface area contributed by atoms with Crippen LogP contribution in [0.1, 0.15) is 24.1 Å². The van der Waals surface area contributed by atoms with Gasteiger partial charge in [0.15, 0.2) is 0 Å². The van der Waals surface area contributed by atoms with Crippen LogP contribution in [0.2, 0.25) is 0 Å². The van der Waals surface area contributed by atoms with Gasteiger partial charge in [-0.1, -0.05) is 47.1 Å². The first-order valence-electron chi connectivity index (χ1n) is 6.11. The van der Waals surface area contributed by atoms with E-state index in [1.165, 1.54) is 0 Å². The third-order valence-corrected chi connectivity index (χ3v) is 3.98. The number of aromatic nitrogens is 3. The summed E-state index contributed by atoms with van der Waals surface area (Å²) in [6.45, 7) is 2.06. The molecule has 3 rings (SSSR count). The van der Waals surface area contributed by atoms with Crippen LogP contribution in [-0.4, -0.2) is 15.2 Å². The SMILES string of the molecule is CCC(Br)c1nnc(-c2nccc3ccccc23)o1. The van der Waals surface area contributed by atoms with E-state index in [0.717, 1.165) is 22.9 Å². The molecule has 0 spiro atoms. The molecule has 19 heavy (non-hydrogen) atoms. The van der Waals surface area contributed by atoms with Crippen LogP contribution in [0, 0.1) is 0 Å². The van der Waals surface area contributed by atoms with Gasteiger partial charge in [0.05, 0.1) is 4.83 Å². The molecule has 0 amide bonds. The number of rotatable bonds is 3. The fraction of sp³-hybridized carbons (Fsp3) is 0.214. The zero-order valence-electron chi connectivity index (χ0n) is 10.4. The maximum atomic E-state index is 5.70. The molecule has 2 aromatic heterocycles. The molecule has 1 aromatic carbocycles. The highest BCUT2D eigenvalue weighted by atomic mass is 79.9. The molecule has 0 aliphatic carbocycles. The third kappa shape index (κ3) is 2.26. The summed E-state index contributed by atoms with van der Waals surface area (Å²) in [5, 5.41) is 10.3. The first-order valence-corrected chi connectivity index (χ1v) is 7.02. The summed E-state index contributed by atoms with van der Waals surface area (Å²) >= 11 is 3.50. The van der Waals surface area contributed by atoms with Crippen molar-refractivity contribution in [2.45, 2.75) is 18.2 Å². The fourth-order valence-electron chi connectivity index (χ4n) is 1.92. The van der Waals surface area contributed by atoms with Gasteiger partial charge in [-0.3, -0.25) is 4.98 Å².